The van der Waals surface area contributed by atoms with Gasteiger partial charge in [-0.2, -0.15) is 0 Å². The molecule has 0 rings (SSSR count). The van der Waals surface area contributed by atoms with Gasteiger partial charge in [0.2, 0.25) is 0 Å². The summed E-state index contributed by atoms with van der Waals surface area (Å²) in [4.78, 5) is 12.9. The smallest absolute Gasteiger partial charge is 0.312 e. The monoisotopic (exact) mass is 215 g/mol. The summed E-state index contributed by atoms with van der Waals surface area (Å²) in [7, 11) is 0. The van der Waals surface area contributed by atoms with Gasteiger partial charge in [-0.3, -0.25) is 4.90 Å². The number of unbranched alkanes of at least 4 members (excludes halogenated alkanes) is 1. The molecule has 0 saturated carbocycles. The second kappa shape index (κ2) is 7.51. The van der Waals surface area contributed by atoms with E-state index in [-0.39, 0.29) is 0 Å². The Balaban J connectivity index is 3.59. The number of hydrogen-bond donors (Lipinski definition) is 2. The van der Waals surface area contributed by atoms with Crippen LogP contribution in [0.4, 0.5) is 4.79 Å². The molecule has 0 spiro atoms. The third-order valence-electron chi connectivity index (χ3n) is 2.47. The zero-order valence-corrected chi connectivity index (χ0v) is 10.4. The van der Waals surface area contributed by atoms with E-state index in [4.69, 9.17) is 5.73 Å². The maximum Gasteiger partial charge on any atom is 0.312 e. The predicted molar refractivity (Wildman–Crippen MR) is 63.8 cm³/mol. The predicted octanol–water partition coefficient (Wildman–Crippen LogP) is 1.55. The number of amides is 2. The van der Waals surface area contributed by atoms with E-state index in [1.807, 2.05) is 0 Å². The first-order chi connectivity index (χ1) is 6.95. The highest BCUT2D eigenvalue weighted by molar-refractivity contribution is 5.71. The molecule has 0 fully saturated rings. The van der Waals surface area contributed by atoms with Crippen molar-refractivity contribution in [3.05, 3.63) is 0 Å². The summed E-state index contributed by atoms with van der Waals surface area (Å²) < 4.78 is 0. The second-order valence-corrected chi connectivity index (χ2v) is 4.42. The van der Waals surface area contributed by atoms with Gasteiger partial charge in [-0.05, 0) is 47.1 Å². The molecule has 0 atom stereocenters. The van der Waals surface area contributed by atoms with Gasteiger partial charge in [-0.1, -0.05) is 0 Å². The number of carbonyl (C=O) groups is 1. The largest absolute Gasteiger partial charge is 0.352 e. The van der Waals surface area contributed by atoms with Gasteiger partial charge in [-0.25, -0.2) is 4.79 Å². The second-order valence-electron chi connectivity index (χ2n) is 4.42. The average Bonchev–Trinajstić information content (AvgIpc) is 2.08. The van der Waals surface area contributed by atoms with Crippen LogP contribution < -0.4 is 11.1 Å². The molecule has 0 saturated heterocycles. The van der Waals surface area contributed by atoms with Crippen molar-refractivity contribution in [2.75, 3.05) is 13.1 Å². The third kappa shape index (κ3) is 7.19. The van der Waals surface area contributed by atoms with Crippen molar-refractivity contribution in [1.82, 2.24) is 10.2 Å². The average molecular weight is 215 g/mol. The Morgan fingerprint density at radius 1 is 1.20 bits per heavy atom. The van der Waals surface area contributed by atoms with Gasteiger partial charge in [0.15, 0.2) is 0 Å². The lowest BCUT2D eigenvalue weighted by atomic mass is 10.2. The Morgan fingerprint density at radius 2 is 1.73 bits per heavy atom. The van der Waals surface area contributed by atoms with Crippen molar-refractivity contribution in [2.24, 2.45) is 5.73 Å². The summed E-state index contributed by atoms with van der Waals surface area (Å²) in [6.45, 7) is 10.6. The lowest BCUT2D eigenvalue weighted by Gasteiger charge is -2.30. The van der Waals surface area contributed by atoms with Crippen LogP contribution in [0.3, 0.4) is 0 Å². The topological polar surface area (TPSA) is 58.4 Å². The molecule has 4 nitrogen and oxygen atoms in total. The van der Waals surface area contributed by atoms with E-state index >= 15 is 0 Å². The van der Waals surface area contributed by atoms with Crippen molar-refractivity contribution in [2.45, 2.75) is 52.6 Å². The molecule has 0 unspecified atom stereocenters. The molecule has 0 aliphatic heterocycles. The molecule has 0 aromatic carbocycles. The minimum Gasteiger partial charge on any atom is -0.352 e. The molecule has 0 aromatic rings. The van der Waals surface area contributed by atoms with Gasteiger partial charge in [0.05, 0.1) is 0 Å². The maximum atomic E-state index is 10.4. The number of primary amides is 1. The Hall–Kier alpha value is -0.770. The number of nitrogens with two attached hydrogens (primary N) is 1. The number of rotatable bonds is 7. The van der Waals surface area contributed by atoms with Gasteiger partial charge >= 0.3 is 6.03 Å². The van der Waals surface area contributed by atoms with Crippen molar-refractivity contribution in [3.8, 4) is 0 Å². The number of nitrogens with one attached hydrogen (secondary N) is 1. The molecule has 90 valence electrons. The van der Waals surface area contributed by atoms with E-state index in [2.05, 4.69) is 37.9 Å². The quantitative estimate of drug-likeness (QED) is 0.633. The molecule has 4 heteroatoms. The number of carbonyl (C=O) groups excluding carboxylic acids is 1. The molecule has 0 aromatic heterocycles. The van der Waals surface area contributed by atoms with Gasteiger partial charge in [-0.15, -0.1) is 0 Å². The fourth-order valence-electron chi connectivity index (χ4n) is 1.74. The molecule has 2 amide bonds. The fraction of sp³-hybridized carbons (Fsp3) is 0.909. The summed E-state index contributed by atoms with van der Waals surface area (Å²) in [6, 6.07) is 0.725. The lowest BCUT2D eigenvalue weighted by molar-refractivity contribution is 0.171. The Labute approximate surface area is 93.2 Å². The zero-order valence-electron chi connectivity index (χ0n) is 10.4. The van der Waals surface area contributed by atoms with Crippen LogP contribution in [-0.2, 0) is 0 Å². The first kappa shape index (κ1) is 14.2. The van der Waals surface area contributed by atoms with Gasteiger partial charge in [0, 0.05) is 18.6 Å². The van der Waals surface area contributed by atoms with Gasteiger partial charge < -0.3 is 11.1 Å². The number of hydrogen-bond acceptors (Lipinski definition) is 2. The molecule has 3 N–H and O–H groups in total. The van der Waals surface area contributed by atoms with E-state index in [0.29, 0.717) is 18.6 Å². The first-order valence-corrected chi connectivity index (χ1v) is 5.74. The summed E-state index contributed by atoms with van der Waals surface area (Å²) in [5, 5.41) is 2.60. The van der Waals surface area contributed by atoms with Crippen LogP contribution in [-0.4, -0.2) is 36.1 Å². The van der Waals surface area contributed by atoms with E-state index in [0.717, 1.165) is 19.4 Å². The molecule has 0 heterocycles. The summed E-state index contributed by atoms with van der Waals surface area (Å²) in [6.07, 6.45) is 2.08. The number of urea groups is 1. The SMILES string of the molecule is CC(C)N(CCCCNC(N)=O)C(C)C. The molecular weight excluding hydrogens is 190 g/mol. The van der Waals surface area contributed by atoms with E-state index < -0.39 is 6.03 Å². The standard InChI is InChI=1S/C11H25N3O/c1-9(2)14(10(3)4)8-6-5-7-13-11(12)15/h9-10H,5-8H2,1-4H3,(H3,12,13,15). The molecule has 0 bridgehead atoms. The van der Waals surface area contributed by atoms with Crippen molar-refractivity contribution in [3.63, 3.8) is 0 Å². The van der Waals surface area contributed by atoms with Crippen molar-refractivity contribution < 1.29 is 4.79 Å². The Morgan fingerprint density at radius 3 is 2.13 bits per heavy atom. The van der Waals surface area contributed by atoms with Crippen LogP contribution in [0.15, 0.2) is 0 Å². The van der Waals surface area contributed by atoms with Gasteiger partial charge in [0.25, 0.3) is 0 Å². The first-order valence-electron chi connectivity index (χ1n) is 5.74. The van der Waals surface area contributed by atoms with Crippen LogP contribution in [0.5, 0.6) is 0 Å². The van der Waals surface area contributed by atoms with Crippen LogP contribution in [0.1, 0.15) is 40.5 Å². The minimum absolute atomic E-state index is 0.431. The number of nitrogens with zero attached hydrogens (tertiary/aromatic N) is 1. The van der Waals surface area contributed by atoms with Crippen LogP contribution in [0.25, 0.3) is 0 Å². The fourth-order valence-corrected chi connectivity index (χ4v) is 1.74. The summed E-state index contributed by atoms with van der Waals surface area (Å²) in [5.41, 5.74) is 4.97. The Kier molecular flexibility index (Phi) is 7.13. The van der Waals surface area contributed by atoms with Gasteiger partial charge in [0.1, 0.15) is 0 Å². The molecule has 0 radical (unpaired) electrons. The Bertz CT molecular complexity index is 173. The molecule has 0 aliphatic rings. The van der Waals surface area contributed by atoms with Crippen molar-refractivity contribution >= 4 is 6.03 Å². The van der Waals surface area contributed by atoms with Crippen LogP contribution in [0.2, 0.25) is 0 Å². The third-order valence-corrected chi connectivity index (χ3v) is 2.47. The van der Waals surface area contributed by atoms with Crippen molar-refractivity contribution in [1.29, 1.82) is 0 Å². The molecule has 0 aliphatic carbocycles. The molecule has 15 heavy (non-hydrogen) atoms. The minimum atomic E-state index is -0.431. The van der Waals surface area contributed by atoms with E-state index in [9.17, 15) is 4.79 Å². The van der Waals surface area contributed by atoms with Crippen LogP contribution in [0, 0.1) is 0 Å². The molecular formula is C11H25N3O. The summed E-state index contributed by atoms with van der Waals surface area (Å²) in [5.74, 6) is 0. The van der Waals surface area contributed by atoms with E-state index in [1.54, 1.807) is 0 Å². The lowest BCUT2D eigenvalue weighted by Crippen LogP contribution is -2.38. The highest BCUT2D eigenvalue weighted by atomic mass is 16.2. The van der Waals surface area contributed by atoms with Crippen LogP contribution >= 0.6 is 0 Å². The highest BCUT2D eigenvalue weighted by Crippen LogP contribution is 2.06. The van der Waals surface area contributed by atoms with E-state index in [1.165, 1.54) is 0 Å². The normalized spacial score (nSPS) is 11.4. The summed E-state index contributed by atoms with van der Waals surface area (Å²) >= 11 is 0. The zero-order chi connectivity index (χ0) is 11.8. The maximum absolute atomic E-state index is 10.4. The highest BCUT2D eigenvalue weighted by Gasteiger charge is 2.11.